The molecule has 0 aromatic carbocycles. The predicted octanol–water partition coefficient (Wildman–Crippen LogP) is 0.898. The van der Waals surface area contributed by atoms with E-state index in [0.717, 1.165) is 0 Å². The molecule has 1 heterocycles. The molecule has 58 valence electrons. The van der Waals surface area contributed by atoms with Gasteiger partial charge >= 0.3 is 5.97 Å². The number of rotatable bonds is 2. The number of carbonyl (C=O) groups is 1. The second-order valence-electron chi connectivity index (χ2n) is 2.14. The molecule has 1 rings (SSSR count). The minimum Gasteiger partial charge on any atom is -0.478 e. The number of carboxylic acids is 1. The van der Waals surface area contributed by atoms with Crippen molar-refractivity contribution in [3.63, 3.8) is 0 Å². The first kappa shape index (κ1) is 7.53. The molecule has 0 fully saturated rings. The highest BCUT2D eigenvalue weighted by Gasteiger charge is 1.99. The lowest BCUT2D eigenvalue weighted by Crippen LogP contribution is -1.95. The van der Waals surface area contributed by atoms with Crippen LogP contribution in [0.2, 0.25) is 0 Å². The van der Waals surface area contributed by atoms with Crippen LogP contribution in [0.1, 0.15) is 12.6 Å². The summed E-state index contributed by atoms with van der Waals surface area (Å²) >= 11 is 0. The molecular weight excluding hydrogens is 144 g/mol. The van der Waals surface area contributed by atoms with Crippen LogP contribution in [-0.4, -0.2) is 21.3 Å². The fraction of sp³-hybridized carbons (Fsp3) is 0.143. The zero-order chi connectivity index (χ0) is 8.27. The highest BCUT2D eigenvalue weighted by molar-refractivity contribution is 5.90. The SMILES string of the molecule is C/C(=C/c1ccn[nH]1)C(=O)O. The van der Waals surface area contributed by atoms with E-state index in [0.29, 0.717) is 5.69 Å². The van der Waals surface area contributed by atoms with Crippen LogP contribution >= 0.6 is 0 Å². The quantitative estimate of drug-likeness (QED) is 0.618. The van der Waals surface area contributed by atoms with Crippen LogP contribution < -0.4 is 0 Å². The molecular formula is C7H8N2O2. The molecule has 2 N–H and O–H groups in total. The summed E-state index contributed by atoms with van der Waals surface area (Å²) in [5.74, 6) is -0.917. The fourth-order valence-electron chi connectivity index (χ4n) is 0.642. The number of carboxylic acid groups (broad SMARTS) is 1. The van der Waals surface area contributed by atoms with E-state index in [-0.39, 0.29) is 5.57 Å². The van der Waals surface area contributed by atoms with Crippen molar-refractivity contribution in [2.24, 2.45) is 0 Å². The summed E-state index contributed by atoms with van der Waals surface area (Å²) in [5, 5.41) is 14.8. The molecule has 0 aliphatic rings. The number of hydrogen-bond acceptors (Lipinski definition) is 2. The Bertz CT molecular complexity index is 275. The van der Waals surface area contributed by atoms with E-state index in [1.165, 1.54) is 13.0 Å². The maximum atomic E-state index is 10.3. The Hall–Kier alpha value is -1.58. The molecule has 0 radical (unpaired) electrons. The molecule has 0 atom stereocenters. The van der Waals surface area contributed by atoms with Crippen LogP contribution in [-0.2, 0) is 4.79 Å². The highest BCUT2D eigenvalue weighted by atomic mass is 16.4. The average molecular weight is 152 g/mol. The third kappa shape index (κ3) is 1.93. The van der Waals surface area contributed by atoms with Crippen molar-refractivity contribution >= 4 is 12.0 Å². The van der Waals surface area contributed by atoms with Crippen molar-refractivity contribution in [3.05, 3.63) is 23.5 Å². The van der Waals surface area contributed by atoms with Gasteiger partial charge in [-0.2, -0.15) is 5.10 Å². The summed E-state index contributed by atoms with van der Waals surface area (Å²) < 4.78 is 0. The van der Waals surface area contributed by atoms with Gasteiger partial charge in [0.15, 0.2) is 0 Å². The molecule has 0 saturated carbocycles. The molecule has 0 saturated heterocycles. The lowest BCUT2D eigenvalue weighted by atomic mass is 10.2. The number of aliphatic carboxylic acids is 1. The number of H-pyrrole nitrogens is 1. The number of nitrogens with one attached hydrogen (secondary N) is 1. The van der Waals surface area contributed by atoms with Crippen molar-refractivity contribution in [1.29, 1.82) is 0 Å². The Morgan fingerprint density at radius 2 is 2.55 bits per heavy atom. The van der Waals surface area contributed by atoms with E-state index >= 15 is 0 Å². The molecule has 0 amide bonds. The fourth-order valence-corrected chi connectivity index (χ4v) is 0.642. The third-order valence-electron chi connectivity index (χ3n) is 1.23. The monoisotopic (exact) mass is 152 g/mol. The minimum absolute atomic E-state index is 0.286. The second-order valence-corrected chi connectivity index (χ2v) is 2.14. The summed E-state index contributed by atoms with van der Waals surface area (Å²) in [6.45, 7) is 1.53. The lowest BCUT2D eigenvalue weighted by Gasteiger charge is -1.89. The molecule has 4 heteroatoms. The predicted molar refractivity (Wildman–Crippen MR) is 39.9 cm³/mol. The van der Waals surface area contributed by atoms with E-state index in [2.05, 4.69) is 10.2 Å². The Balaban J connectivity index is 2.82. The van der Waals surface area contributed by atoms with Gasteiger partial charge in [-0.1, -0.05) is 0 Å². The van der Waals surface area contributed by atoms with Crippen LogP contribution in [0.4, 0.5) is 0 Å². The smallest absolute Gasteiger partial charge is 0.331 e. The Labute approximate surface area is 63.6 Å². The van der Waals surface area contributed by atoms with Gasteiger partial charge in [-0.05, 0) is 19.1 Å². The second kappa shape index (κ2) is 3.01. The molecule has 0 aliphatic carbocycles. The van der Waals surface area contributed by atoms with Crippen molar-refractivity contribution in [2.75, 3.05) is 0 Å². The maximum absolute atomic E-state index is 10.3. The first-order valence-electron chi connectivity index (χ1n) is 3.11. The van der Waals surface area contributed by atoms with Gasteiger partial charge in [0.05, 0.1) is 5.69 Å². The molecule has 1 aromatic rings. The van der Waals surface area contributed by atoms with Gasteiger partial charge in [0, 0.05) is 11.8 Å². The van der Waals surface area contributed by atoms with Crippen LogP contribution in [0.5, 0.6) is 0 Å². The van der Waals surface area contributed by atoms with E-state index < -0.39 is 5.97 Å². The topological polar surface area (TPSA) is 66.0 Å². The van der Waals surface area contributed by atoms with Gasteiger partial charge in [0.25, 0.3) is 0 Å². The summed E-state index contributed by atoms with van der Waals surface area (Å²) in [6.07, 6.45) is 3.09. The van der Waals surface area contributed by atoms with Crippen LogP contribution in [0.15, 0.2) is 17.8 Å². The number of aromatic nitrogens is 2. The third-order valence-corrected chi connectivity index (χ3v) is 1.23. The Morgan fingerprint density at radius 3 is 3.00 bits per heavy atom. The number of nitrogens with zero attached hydrogens (tertiary/aromatic N) is 1. The van der Waals surface area contributed by atoms with E-state index in [9.17, 15) is 4.79 Å². The molecule has 1 aromatic heterocycles. The Kier molecular flexibility index (Phi) is 2.06. The normalized spacial score (nSPS) is 11.5. The van der Waals surface area contributed by atoms with Crippen molar-refractivity contribution < 1.29 is 9.90 Å². The van der Waals surface area contributed by atoms with Crippen molar-refractivity contribution in [3.8, 4) is 0 Å². The lowest BCUT2D eigenvalue weighted by molar-refractivity contribution is -0.132. The summed E-state index contributed by atoms with van der Waals surface area (Å²) in [5.41, 5.74) is 0.985. The minimum atomic E-state index is -0.917. The molecule has 0 spiro atoms. The molecule has 4 nitrogen and oxygen atoms in total. The van der Waals surface area contributed by atoms with Crippen LogP contribution in [0.3, 0.4) is 0 Å². The zero-order valence-corrected chi connectivity index (χ0v) is 6.03. The van der Waals surface area contributed by atoms with Gasteiger partial charge < -0.3 is 5.11 Å². The van der Waals surface area contributed by atoms with Gasteiger partial charge in [-0.25, -0.2) is 4.79 Å². The molecule has 0 aliphatic heterocycles. The first-order valence-corrected chi connectivity index (χ1v) is 3.11. The van der Waals surface area contributed by atoms with E-state index in [4.69, 9.17) is 5.11 Å². The molecule has 0 bridgehead atoms. The zero-order valence-electron chi connectivity index (χ0n) is 6.03. The largest absolute Gasteiger partial charge is 0.478 e. The van der Waals surface area contributed by atoms with E-state index in [1.807, 2.05) is 0 Å². The molecule has 11 heavy (non-hydrogen) atoms. The van der Waals surface area contributed by atoms with Gasteiger partial charge in [0.1, 0.15) is 0 Å². The summed E-state index contributed by atoms with van der Waals surface area (Å²) in [7, 11) is 0. The maximum Gasteiger partial charge on any atom is 0.331 e. The molecule has 0 unspecified atom stereocenters. The number of aromatic amines is 1. The van der Waals surface area contributed by atoms with Gasteiger partial charge in [-0.15, -0.1) is 0 Å². The highest BCUT2D eigenvalue weighted by Crippen LogP contribution is 2.01. The van der Waals surface area contributed by atoms with Crippen molar-refractivity contribution in [1.82, 2.24) is 10.2 Å². The van der Waals surface area contributed by atoms with Crippen LogP contribution in [0, 0.1) is 0 Å². The van der Waals surface area contributed by atoms with Gasteiger partial charge in [0.2, 0.25) is 0 Å². The summed E-state index contributed by atoms with van der Waals surface area (Å²) in [4.78, 5) is 10.3. The Morgan fingerprint density at radius 1 is 1.82 bits per heavy atom. The average Bonchev–Trinajstić information content (AvgIpc) is 2.39. The first-order chi connectivity index (χ1) is 5.20. The standard InChI is InChI=1S/C7H8N2O2/c1-5(7(10)11)4-6-2-3-8-9-6/h2-4H,1H3,(H,8,9)(H,10,11)/b5-4-. The van der Waals surface area contributed by atoms with Crippen LogP contribution in [0.25, 0.3) is 6.08 Å². The number of hydrogen-bond donors (Lipinski definition) is 2. The summed E-state index contributed by atoms with van der Waals surface area (Å²) in [6, 6.07) is 1.70. The van der Waals surface area contributed by atoms with Crippen molar-refractivity contribution in [2.45, 2.75) is 6.92 Å². The van der Waals surface area contributed by atoms with Gasteiger partial charge in [-0.3, -0.25) is 5.10 Å². The van der Waals surface area contributed by atoms with E-state index in [1.54, 1.807) is 12.3 Å².